The molecule has 108 valence electrons. The van der Waals surface area contributed by atoms with Crippen molar-refractivity contribution in [3.8, 4) is 0 Å². The largest absolute Gasteiger partial charge is 0.361 e. The van der Waals surface area contributed by atoms with E-state index in [1.807, 2.05) is 12.1 Å². The number of benzene rings is 1. The first-order valence-corrected chi connectivity index (χ1v) is 7.70. The van der Waals surface area contributed by atoms with Crippen molar-refractivity contribution >= 4 is 22.5 Å². The Kier molecular flexibility index (Phi) is 4.01. The van der Waals surface area contributed by atoms with E-state index in [0.717, 1.165) is 17.1 Å². The van der Waals surface area contributed by atoms with Gasteiger partial charge < -0.3 is 15.2 Å². The second kappa shape index (κ2) is 5.76. The molecule has 2 heterocycles. The van der Waals surface area contributed by atoms with Gasteiger partial charge in [0, 0.05) is 40.8 Å². The van der Waals surface area contributed by atoms with Crippen LogP contribution in [0.15, 0.2) is 24.4 Å². The van der Waals surface area contributed by atoms with Crippen LogP contribution in [0.3, 0.4) is 0 Å². The molecule has 1 aromatic carbocycles. The molecule has 2 atom stereocenters. The zero-order chi connectivity index (χ0) is 14.1. The SMILES string of the molecule is CC1CC(NCc2c[nH]c3cc(Cl)ccc23)CCN1C. The highest BCUT2D eigenvalue weighted by Crippen LogP contribution is 2.22. The molecule has 4 heteroatoms. The summed E-state index contributed by atoms with van der Waals surface area (Å²) in [6.45, 7) is 4.41. The molecule has 1 fully saturated rings. The van der Waals surface area contributed by atoms with Crippen LogP contribution < -0.4 is 5.32 Å². The molecular weight excluding hydrogens is 270 g/mol. The van der Waals surface area contributed by atoms with Gasteiger partial charge in [-0.2, -0.15) is 0 Å². The summed E-state index contributed by atoms with van der Waals surface area (Å²) in [7, 11) is 2.21. The van der Waals surface area contributed by atoms with Gasteiger partial charge in [0.15, 0.2) is 0 Å². The quantitative estimate of drug-likeness (QED) is 0.908. The molecule has 0 saturated carbocycles. The Morgan fingerprint density at radius 3 is 3.10 bits per heavy atom. The third-order valence-electron chi connectivity index (χ3n) is 4.52. The van der Waals surface area contributed by atoms with Crippen molar-refractivity contribution in [1.82, 2.24) is 15.2 Å². The minimum atomic E-state index is 0.624. The maximum Gasteiger partial charge on any atom is 0.0472 e. The molecule has 2 N–H and O–H groups in total. The van der Waals surface area contributed by atoms with Crippen molar-refractivity contribution in [2.24, 2.45) is 0 Å². The Morgan fingerprint density at radius 1 is 1.45 bits per heavy atom. The standard InChI is InChI=1S/C16H22ClN3/c1-11-7-14(5-6-20(11)2)18-9-12-10-19-16-8-13(17)3-4-15(12)16/h3-4,8,10-11,14,18-19H,5-7,9H2,1-2H3. The monoisotopic (exact) mass is 291 g/mol. The van der Waals surface area contributed by atoms with E-state index in [1.165, 1.54) is 30.3 Å². The van der Waals surface area contributed by atoms with Crippen LogP contribution in [0.4, 0.5) is 0 Å². The smallest absolute Gasteiger partial charge is 0.0472 e. The number of H-pyrrole nitrogens is 1. The molecule has 0 amide bonds. The number of aromatic nitrogens is 1. The summed E-state index contributed by atoms with van der Waals surface area (Å²) >= 11 is 6.02. The molecule has 1 aliphatic heterocycles. The molecule has 0 bridgehead atoms. The third kappa shape index (κ3) is 2.85. The zero-order valence-corrected chi connectivity index (χ0v) is 12.9. The lowest BCUT2D eigenvalue weighted by Crippen LogP contribution is -2.45. The molecular formula is C16H22ClN3. The number of halogens is 1. The second-order valence-corrected chi connectivity index (χ2v) is 6.37. The second-order valence-electron chi connectivity index (χ2n) is 5.94. The highest BCUT2D eigenvalue weighted by Gasteiger charge is 2.22. The van der Waals surface area contributed by atoms with E-state index in [4.69, 9.17) is 11.6 Å². The number of hydrogen-bond donors (Lipinski definition) is 2. The van der Waals surface area contributed by atoms with Gasteiger partial charge in [0.05, 0.1) is 0 Å². The summed E-state index contributed by atoms with van der Waals surface area (Å²) in [5, 5.41) is 5.75. The summed E-state index contributed by atoms with van der Waals surface area (Å²) in [4.78, 5) is 5.74. The fraction of sp³-hybridized carbons (Fsp3) is 0.500. The molecule has 20 heavy (non-hydrogen) atoms. The molecule has 0 spiro atoms. The number of nitrogens with one attached hydrogen (secondary N) is 2. The van der Waals surface area contributed by atoms with Gasteiger partial charge in [-0.25, -0.2) is 0 Å². The number of hydrogen-bond acceptors (Lipinski definition) is 2. The molecule has 3 nitrogen and oxygen atoms in total. The first-order chi connectivity index (χ1) is 9.63. The Bertz CT molecular complexity index is 592. The van der Waals surface area contributed by atoms with Crippen LogP contribution in [-0.4, -0.2) is 35.6 Å². The van der Waals surface area contributed by atoms with Crippen LogP contribution in [0.1, 0.15) is 25.3 Å². The Balaban J connectivity index is 1.65. The molecule has 0 aliphatic carbocycles. The van der Waals surface area contributed by atoms with Gasteiger partial charge in [-0.3, -0.25) is 0 Å². The minimum absolute atomic E-state index is 0.624. The lowest BCUT2D eigenvalue weighted by Gasteiger charge is -2.35. The topological polar surface area (TPSA) is 31.1 Å². The molecule has 1 saturated heterocycles. The van der Waals surface area contributed by atoms with Gasteiger partial charge >= 0.3 is 0 Å². The first-order valence-electron chi connectivity index (χ1n) is 7.32. The number of piperidine rings is 1. The van der Waals surface area contributed by atoms with Crippen molar-refractivity contribution in [2.75, 3.05) is 13.6 Å². The molecule has 1 aliphatic rings. The summed E-state index contributed by atoms with van der Waals surface area (Å²) in [5.41, 5.74) is 2.44. The van der Waals surface area contributed by atoms with Gasteiger partial charge in [-0.1, -0.05) is 17.7 Å². The van der Waals surface area contributed by atoms with Crippen LogP contribution in [0.2, 0.25) is 5.02 Å². The van der Waals surface area contributed by atoms with Crippen LogP contribution in [0.5, 0.6) is 0 Å². The van der Waals surface area contributed by atoms with E-state index >= 15 is 0 Å². The van der Waals surface area contributed by atoms with Crippen LogP contribution in [0.25, 0.3) is 10.9 Å². The van der Waals surface area contributed by atoms with Crippen molar-refractivity contribution in [2.45, 2.75) is 38.4 Å². The van der Waals surface area contributed by atoms with Crippen LogP contribution in [0, 0.1) is 0 Å². The molecule has 1 aromatic heterocycles. The predicted molar refractivity (Wildman–Crippen MR) is 85.3 cm³/mol. The number of rotatable bonds is 3. The lowest BCUT2D eigenvalue weighted by molar-refractivity contribution is 0.168. The Hall–Kier alpha value is -1.03. The van der Waals surface area contributed by atoms with E-state index in [9.17, 15) is 0 Å². The Labute approximate surface area is 125 Å². The van der Waals surface area contributed by atoms with Gasteiger partial charge in [0.1, 0.15) is 0 Å². The first kappa shape index (κ1) is 13.9. The molecule has 3 rings (SSSR count). The van der Waals surface area contributed by atoms with Crippen molar-refractivity contribution in [3.05, 3.63) is 35.0 Å². The average Bonchev–Trinajstić information content (AvgIpc) is 2.82. The number of fused-ring (bicyclic) bond motifs is 1. The minimum Gasteiger partial charge on any atom is -0.361 e. The summed E-state index contributed by atoms with van der Waals surface area (Å²) in [6.07, 6.45) is 4.55. The fourth-order valence-corrected chi connectivity index (χ4v) is 3.21. The van der Waals surface area contributed by atoms with Gasteiger partial charge in [-0.15, -0.1) is 0 Å². The lowest BCUT2D eigenvalue weighted by atomic mass is 9.98. The highest BCUT2D eigenvalue weighted by molar-refractivity contribution is 6.31. The number of likely N-dealkylation sites (tertiary alicyclic amines) is 1. The van der Waals surface area contributed by atoms with E-state index in [1.54, 1.807) is 0 Å². The van der Waals surface area contributed by atoms with Crippen molar-refractivity contribution < 1.29 is 0 Å². The van der Waals surface area contributed by atoms with E-state index in [-0.39, 0.29) is 0 Å². The van der Waals surface area contributed by atoms with Crippen LogP contribution in [-0.2, 0) is 6.54 Å². The summed E-state index contributed by atoms with van der Waals surface area (Å²) in [6, 6.07) is 7.33. The third-order valence-corrected chi connectivity index (χ3v) is 4.75. The number of aromatic amines is 1. The predicted octanol–water partition coefficient (Wildman–Crippen LogP) is 3.39. The van der Waals surface area contributed by atoms with Gasteiger partial charge in [0.25, 0.3) is 0 Å². The van der Waals surface area contributed by atoms with Crippen LogP contribution >= 0.6 is 11.6 Å². The molecule has 0 radical (unpaired) electrons. The van der Waals surface area contributed by atoms with Crippen molar-refractivity contribution in [3.63, 3.8) is 0 Å². The van der Waals surface area contributed by atoms with Gasteiger partial charge in [-0.05, 0) is 51.1 Å². The van der Waals surface area contributed by atoms with E-state index in [0.29, 0.717) is 12.1 Å². The van der Waals surface area contributed by atoms with E-state index < -0.39 is 0 Å². The fourth-order valence-electron chi connectivity index (χ4n) is 3.03. The van der Waals surface area contributed by atoms with E-state index in [2.05, 4.69) is 41.4 Å². The number of nitrogens with zero attached hydrogens (tertiary/aromatic N) is 1. The highest BCUT2D eigenvalue weighted by atomic mass is 35.5. The zero-order valence-electron chi connectivity index (χ0n) is 12.1. The molecule has 2 unspecified atom stereocenters. The van der Waals surface area contributed by atoms with Crippen molar-refractivity contribution in [1.29, 1.82) is 0 Å². The summed E-state index contributed by atoms with van der Waals surface area (Å²) < 4.78 is 0. The van der Waals surface area contributed by atoms with Gasteiger partial charge in [0.2, 0.25) is 0 Å². The Morgan fingerprint density at radius 2 is 2.30 bits per heavy atom. The maximum absolute atomic E-state index is 6.02. The normalized spacial score (nSPS) is 24.4. The summed E-state index contributed by atoms with van der Waals surface area (Å²) in [5.74, 6) is 0. The average molecular weight is 292 g/mol. The molecule has 2 aromatic rings. The maximum atomic E-state index is 6.02.